The van der Waals surface area contributed by atoms with Crippen molar-refractivity contribution in [2.75, 3.05) is 9.80 Å². The van der Waals surface area contributed by atoms with Crippen LogP contribution in [0.1, 0.15) is 70.6 Å². The molecule has 2 aliphatic heterocycles. The van der Waals surface area contributed by atoms with E-state index in [1.165, 1.54) is 0 Å². The summed E-state index contributed by atoms with van der Waals surface area (Å²) in [5.74, 6) is 0. The lowest BCUT2D eigenvalue weighted by molar-refractivity contribution is 0.590. The Hall–Kier alpha value is -14.4. The number of hydrogen-bond acceptors (Lipinski definition) is 2. The highest BCUT2D eigenvalue weighted by atomic mass is 15.2. The van der Waals surface area contributed by atoms with E-state index in [0.29, 0.717) is 50.3 Å². The summed E-state index contributed by atoms with van der Waals surface area (Å²) in [6.45, 7) is 8.93. The third kappa shape index (κ3) is 10.6. The highest BCUT2D eigenvalue weighted by Gasteiger charge is 2.46. The standard InChI is InChI=1S/C111H83BN6/c1-70-60-105-107-106(61-70)118(109-89(73-36-16-10-17-37-73)64-76(111(5,6)7)65-90(109)74-38-18-11-19-39-74)104-69-80(116-100-51-31-25-45-86(100)92-67-78(55-59-102(92)116)114-97-48-28-22-42-83(97)84-43-23-29-49-98(84)114)53-57-94(104)112(107)93-56-52-79(68-103(93)117(105)108-87(71-32-12-8-13-33-71)62-75(110(2,3)4)63-88(108)72-34-14-9-15-35-72)115-99-50-30-24-44-85(99)91-66-77(54-58-101(91)115)113-95-46-26-20-40-81(95)82-41-21-27-47-96(82)113/h8-69H,1-7H3/i1D3,52D,53D,56D,57D,68D,69D. The average molecular weight is 1520 g/mol. The van der Waals surface area contributed by atoms with Crippen LogP contribution in [0.2, 0.25) is 0 Å². The molecule has 0 bridgehead atoms. The van der Waals surface area contributed by atoms with Crippen LogP contribution in [-0.4, -0.2) is 25.0 Å². The number of nitrogens with zero attached hydrogens (tertiary/aromatic N) is 6. The largest absolute Gasteiger partial charge is 0.310 e. The zero-order valence-electron chi connectivity index (χ0n) is 75.1. The normalized spacial score (nSPS) is 14.0. The molecular formula is C111H83BN6. The Labute approximate surface area is 700 Å². The molecule has 2 aliphatic rings. The van der Waals surface area contributed by atoms with Gasteiger partial charge in [0.25, 0.3) is 6.71 Å². The highest BCUT2D eigenvalue weighted by Crippen LogP contribution is 2.56. The van der Waals surface area contributed by atoms with Gasteiger partial charge in [-0.2, -0.15) is 0 Å². The highest BCUT2D eigenvalue weighted by molar-refractivity contribution is 7.00. The summed E-state index contributed by atoms with van der Waals surface area (Å²) in [5.41, 5.74) is 19.1. The summed E-state index contributed by atoms with van der Waals surface area (Å²) in [5, 5.41) is 7.83. The van der Waals surface area contributed by atoms with Crippen molar-refractivity contribution in [2.24, 2.45) is 0 Å². The second kappa shape index (κ2) is 26.3. The van der Waals surface area contributed by atoms with Crippen molar-refractivity contribution in [3.8, 4) is 67.3 Å². The topological polar surface area (TPSA) is 26.2 Å². The van der Waals surface area contributed by atoms with Crippen LogP contribution in [0.3, 0.4) is 0 Å². The lowest BCUT2D eigenvalue weighted by Gasteiger charge is -2.46. The molecule has 0 amide bonds. The fraction of sp³-hybridized carbons (Fsp3) is 0.0811. The minimum atomic E-state index is -2.87. The van der Waals surface area contributed by atoms with Crippen molar-refractivity contribution in [1.29, 1.82) is 0 Å². The molecule has 0 fully saturated rings. The summed E-state index contributed by atoms with van der Waals surface area (Å²) in [7, 11) is 0. The van der Waals surface area contributed by atoms with E-state index in [4.69, 9.17) is 0 Å². The first kappa shape index (κ1) is 60.2. The van der Waals surface area contributed by atoms with Gasteiger partial charge in [-0.15, -0.1) is 0 Å². The van der Waals surface area contributed by atoms with Crippen LogP contribution in [0.15, 0.2) is 376 Å². The molecule has 4 aromatic heterocycles. The first-order valence-corrected chi connectivity index (χ1v) is 40.7. The van der Waals surface area contributed by atoms with Crippen LogP contribution in [-0.2, 0) is 10.8 Å². The van der Waals surface area contributed by atoms with Crippen molar-refractivity contribution in [2.45, 2.75) is 59.2 Å². The van der Waals surface area contributed by atoms with Crippen molar-refractivity contribution in [3.05, 3.63) is 393 Å². The van der Waals surface area contributed by atoms with Crippen LogP contribution in [0, 0.1) is 6.85 Å². The number of anilines is 6. The molecular weight excluding hydrogens is 1430 g/mol. The molecule has 6 nitrogen and oxygen atoms in total. The number of para-hydroxylation sites is 6. The number of rotatable bonds is 10. The van der Waals surface area contributed by atoms with Crippen LogP contribution in [0.25, 0.3) is 154 Å². The summed E-state index contributed by atoms with van der Waals surface area (Å²) < 4.78 is 109. The van der Waals surface area contributed by atoms with Gasteiger partial charge < -0.3 is 28.1 Å². The fourth-order valence-electron chi connectivity index (χ4n) is 19.3. The van der Waals surface area contributed by atoms with E-state index in [2.05, 4.69) is 269 Å². The summed E-state index contributed by atoms with van der Waals surface area (Å²) in [6, 6.07) is 114. The van der Waals surface area contributed by atoms with Gasteiger partial charge in [0.05, 0.1) is 63.7 Å². The van der Waals surface area contributed by atoms with E-state index in [9.17, 15) is 12.3 Å². The van der Waals surface area contributed by atoms with E-state index in [1.807, 2.05) is 128 Å². The zero-order valence-corrected chi connectivity index (χ0v) is 66.1. The van der Waals surface area contributed by atoms with Crippen LogP contribution in [0.4, 0.5) is 34.1 Å². The predicted octanol–water partition coefficient (Wildman–Crippen LogP) is 27.7. The molecule has 0 spiro atoms. The number of fused-ring (bicyclic) bond motifs is 16. The van der Waals surface area contributed by atoms with Gasteiger partial charge in [-0.3, -0.25) is 0 Å². The third-order valence-electron chi connectivity index (χ3n) is 24.7. The van der Waals surface area contributed by atoms with Crippen molar-refractivity contribution in [1.82, 2.24) is 18.3 Å². The number of benzene rings is 17. The van der Waals surface area contributed by atoms with E-state index in [1.54, 1.807) is 12.1 Å². The molecule has 560 valence electrons. The molecule has 0 saturated heterocycles. The molecule has 21 aromatic rings. The first-order chi connectivity index (χ1) is 61.5. The first-order valence-electron chi connectivity index (χ1n) is 45.2. The second-order valence-electron chi connectivity index (χ2n) is 33.7. The van der Waals surface area contributed by atoms with Gasteiger partial charge in [-0.05, 0) is 206 Å². The van der Waals surface area contributed by atoms with Gasteiger partial charge in [-0.25, -0.2) is 0 Å². The van der Waals surface area contributed by atoms with Crippen molar-refractivity contribution in [3.63, 3.8) is 0 Å². The minimum Gasteiger partial charge on any atom is -0.310 e. The maximum absolute atomic E-state index is 12.0. The lowest BCUT2D eigenvalue weighted by atomic mass is 9.33. The lowest BCUT2D eigenvalue weighted by Crippen LogP contribution is -2.61. The summed E-state index contributed by atoms with van der Waals surface area (Å²) in [4.78, 5) is 4.09. The van der Waals surface area contributed by atoms with Gasteiger partial charge in [-0.1, -0.05) is 284 Å². The summed E-state index contributed by atoms with van der Waals surface area (Å²) in [6.07, 6.45) is 0. The molecule has 0 atom stereocenters. The fourth-order valence-corrected chi connectivity index (χ4v) is 19.3. The van der Waals surface area contributed by atoms with Gasteiger partial charge in [0.15, 0.2) is 0 Å². The van der Waals surface area contributed by atoms with Crippen molar-refractivity contribution < 1.29 is 12.3 Å². The Morgan fingerprint density at radius 1 is 0.263 bits per heavy atom. The maximum Gasteiger partial charge on any atom is 0.252 e. The van der Waals surface area contributed by atoms with Crippen molar-refractivity contribution >= 4 is 144 Å². The predicted molar refractivity (Wildman–Crippen MR) is 502 cm³/mol. The van der Waals surface area contributed by atoms with Gasteiger partial charge >= 0.3 is 0 Å². The maximum atomic E-state index is 12.0. The number of aromatic nitrogens is 4. The quantitative estimate of drug-likeness (QED) is 0.128. The SMILES string of the molecule is [2H]c1c([2H])c(-n2c3ccccc3c3cc(-n4c5ccccc5c5ccccc54)ccc32)c([2H])c2c1B1c3c(cc(C([2H])([2H])[2H])cc3N(c3c(-c4ccccc4)cc(C(C)(C)C)cc3-c3ccccc3)c3c([2H])c(-n4c5ccccc5c5cc(-n6c7ccccc7c7ccccc76)ccc54)c([2H])c([2H])c31)N2c1c(-c2ccccc2)cc(C(C)(C)C)cc1-c1ccccc1. The molecule has 0 saturated carbocycles. The molecule has 0 aliphatic carbocycles. The number of hydrogen-bond donors (Lipinski definition) is 0. The van der Waals surface area contributed by atoms with Gasteiger partial charge in [0, 0.05) is 115 Å². The van der Waals surface area contributed by atoms with Crippen LogP contribution in [0.5, 0.6) is 0 Å². The molecule has 23 rings (SSSR count). The van der Waals surface area contributed by atoms with Crippen LogP contribution < -0.4 is 26.2 Å². The molecule has 7 heteroatoms. The molecule has 6 heterocycles. The van der Waals surface area contributed by atoms with Crippen LogP contribution >= 0.6 is 0 Å². The molecule has 0 N–H and O–H groups in total. The zero-order chi connectivity index (χ0) is 86.7. The second-order valence-corrected chi connectivity index (χ2v) is 33.7. The van der Waals surface area contributed by atoms with E-state index < -0.39 is 24.4 Å². The average Bonchev–Trinajstić information content (AvgIpc) is 0.722. The van der Waals surface area contributed by atoms with E-state index in [0.717, 1.165) is 132 Å². The molecule has 17 aromatic carbocycles. The summed E-state index contributed by atoms with van der Waals surface area (Å²) >= 11 is 0. The Kier molecular flexibility index (Phi) is 13.4. The van der Waals surface area contributed by atoms with Gasteiger partial charge in [0.1, 0.15) is 0 Å². The Morgan fingerprint density at radius 2 is 0.534 bits per heavy atom. The molecule has 118 heavy (non-hydrogen) atoms. The van der Waals surface area contributed by atoms with Gasteiger partial charge in [0.2, 0.25) is 0 Å². The minimum absolute atomic E-state index is 0.0580. The van der Waals surface area contributed by atoms with E-state index >= 15 is 0 Å². The molecule has 0 radical (unpaired) electrons. The molecule has 0 unspecified atom stereocenters. The smallest absolute Gasteiger partial charge is 0.252 e. The van der Waals surface area contributed by atoms with E-state index in [-0.39, 0.29) is 75.5 Å². The monoisotopic (exact) mass is 1520 g/mol. The Morgan fingerprint density at radius 3 is 0.831 bits per heavy atom. The Bertz CT molecular complexity index is 7540. The third-order valence-corrected chi connectivity index (χ3v) is 24.7. The Balaban J connectivity index is 0.896. The number of aryl methyl sites for hydroxylation is 1.